The molecule has 160 valence electrons. The molecule has 2 aromatic rings. The lowest BCUT2D eigenvalue weighted by Gasteiger charge is -2.24. The van der Waals surface area contributed by atoms with Gasteiger partial charge in [0, 0.05) is 13.3 Å². The Labute approximate surface area is 176 Å². The maximum Gasteiger partial charge on any atom is 0.258 e. The third-order valence-corrected chi connectivity index (χ3v) is 4.67. The van der Waals surface area contributed by atoms with Gasteiger partial charge >= 0.3 is 0 Å². The summed E-state index contributed by atoms with van der Waals surface area (Å²) in [6, 6.07) is 12.6. The van der Waals surface area contributed by atoms with Crippen LogP contribution in [0.15, 0.2) is 42.5 Å². The molecule has 3 rings (SSSR count). The second-order valence-electron chi connectivity index (χ2n) is 7.51. The molecule has 7 heteroatoms. The number of hydrogen-bond acceptors (Lipinski definition) is 5. The molecular weight excluding hydrogens is 384 g/mol. The van der Waals surface area contributed by atoms with Crippen LogP contribution in [0.25, 0.3) is 0 Å². The summed E-state index contributed by atoms with van der Waals surface area (Å²) in [5.74, 6) is 1.57. The Morgan fingerprint density at radius 3 is 2.53 bits per heavy atom. The molecule has 0 saturated heterocycles. The lowest BCUT2D eigenvalue weighted by atomic mass is 9.95. The predicted molar refractivity (Wildman–Crippen MR) is 114 cm³/mol. The number of amides is 2. The minimum Gasteiger partial charge on any atom is -0.490 e. The quantitative estimate of drug-likeness (QED) is 0.724. The highest BCUT2D eigenvalue weighted by Gasteiger charge is 2.21. The molecule has 2 amide bonds. The number of rotatable bonds is 7. The SMILES string of the molecule is CC(=O)Nc1ccccc1OCC(=O)NC(c1ccc2c(c1)OCCCO2)C(C)C. The first-order valence-corrected chi connectivity index (χ1v) is 10.1. The monoisotopic (exact) mass is 412 g/mol. The highest BCUT2D eigenvalue weighted by molar-refractivity contribution is 5.90. The molecule has 1 aliphatic rings. The molecular formula is C23H28N2O5. The van der Waals surface area contributed by atoms with E-state index in [0.29, 0.717) is 30.4 Å². The number of carbonyl (C=O) groups is 2. The van der Waals surface area contributed by atoms with E-state index in [-0.39, 0.29) is 30.4 Å². The summed E-state index contributed by atoms with van der Waals surface area (Å²) in [5.41, 5.74) is 1.47. The van der Waals surface area contributed by atoms with E-state index < -0.39 is 0 Å². The lowest BCUT2D eigenvalue weighted by molar-refractivity contribution is -0.124. The fraction of sp³-hybridized carbons (Fsp3) is 0.391. The summed E-state index contributed by atoms with van der Waals surface area (Å²) in [7, 11) is 0. The largest absolute Gasteiger partial charge is 0.490 e. The molecule has 1 unspecified atom stereocenters. The van der Waals surface area contributed by atoms with Crippen LogP contribution in [0.3, 0.4) is 0 Å². The van der Waals surface area contributed by atoms with Gasteiger partial charge in [-0.25, -0.2) is 0 Å². The summed E-state index contributed by atoms with van der Waals surface area (Å²) in [6.07, 6.45) is 0.839. The minimum atomic E-state index is -0.251. The maximum atomic E-state index is 12.6. The van der Waals surface area contributed by atoms with Gasteiger partial charge in [-0.2, -0.15) is 0 Å². The van der Waals surface area contributed by atoms with Gasteiger partial charge in [-0.1, -0.05) is 32.0 Å². The van der Waals surface area contributed by atoms with Crippen molar-refractivity contribution in [2.75, 3.05) is 25.1 Å². The van der Waals surface area contributed by atoms with Crippen molar-refractivity contribution in [2.24, 2.45) is 5.92 Å². The van der Waals surface area contributed by atoms with Crippen molar-refractivity contribution < 1.29 is 23.8 Å². The summed E-state index contributed by atoms with van der Waals surface area (Å²) in [4.78, 5) is 23.9. The maximum absolute atomic E-state index is 12.6. The third-order valence-electron chi connectivity index (χ3n) is 4.67. The van der Waals surface area contributed by atoms with Gasteiger partial charge in [0.25, 0.3) is 5.91 Å². The van der Waals surface area contributed by atoms with Crippen LogP contribution < -0.4 is 24.8 Å². The first-order chi connectivity index (χ1) is 14.4. The number of fused-ring (bicyclic) bond motifs is 1. The standard InChI is InChI=1S/C23H28N2O5/c1-15(2)23(17-9-10-20-21(13-17)29-12-6-11-28-20)25-22(27)14-30-19-8-5-4-7-18(19)24-16(3)26/h4-5,7-10,13,15,23H,6,11-12,14H2,1-3H3,(H,24,26)(H,25,27). The summed E-state index contributed by atoms with van der Waals surface area (Å²) >= 11 is 0. The predicted octanol–water partition coefficient (Wildman–Crippen LogP) is 3.70. The van der Waals surface area contributed by atoms with Crippen LogP contribution in [0.1, 0.15) is 38.8 Å². The van der Waals surface area contributed by atoms with E-state index in [9.17, 15) is 9.59 Å². The van der Waals surface area contributed by atoms with E-state index in [1.165, 1.54) is 6.92 Å². The molecule has 0 aromatic heterocycles. The van der Waals surface area contributed by atoms with Gasteiger partial charge < -0.3 is 24.8 Å². The van der Waals surface area contributed by atoms with Gasteiger partial charge in [-0.3, -0.25) is 9.59 Å². The van der Waals surface area contributed by atoms with Crippen molar-refractivity contribution in [3.63, 3.8) is 0 Å². The van der Waals surface area contributed by atoms with Crippen LogP contribution >= 0.6 is 0 Å². The van der Waals surface area contributed by atoms with Crippen molar-refractivity contribution >= 4 is 17.5 Å². The molecule has 0 radical (unpaired) electrons. The fourth-order valence-corrected chi connectivity index (χ4v) is 3.25. The number of anilines is 1. The second kappa shape index (κ2) is 10.0. The average Bonchev–Trinajstić information content (AvgIpc) is 2.95. The number of carbonyl (C=O) groups excluding carboxylic acids is 2. The van der Waals surface area contributed by atoms with Crippen LogP contribution in [0.2, 0.25) is 0 Å². The topological polar surface area (TPSA) is 85.9 Å². The minimum absolute atomic E-state index is 0.158. The molecule has 0 bridgehead atoms. The van der Waals surface area contributed by atoms with E-state index in [4.69, 9.17) is 14.2 Å². The first-order valence-electron chi connectivity index (χ1n) is 10.1. The van der Waals surface area contributed by atoms with Crippen molar-refractivity contribution in [3.05, 3.63) is 48.0 Å². The molecule has 1 atom stereocenters. The molecule has 2 N–H and O–H groups in total. The van der Waals surface area contributed by atoms with Crippen molar-refractivity contribution in [2.45, 2.75) is 33.2 Å². The number of nitrogens with one attached hydrogen (secondary N) is 2. The van der Waals surface area contributed by atoms with E-state index >= 15 is 0 Å². The Kier molecular flexibility index (Phi) is 7.17. The second-order valence-corrected chi connectivity index (χ2v) is 7.51. The van der Waals surface area contributed by atoms with Gasteiger partial charge in [0.15, 0.2) is 18.1 Å². The molecule has 30 heavy (non-hydrogen) atoms. The average molecular weight is 412 g/mol. The fourth-order valence-electron chi connectivity index (χ4n) is 3.25. The van der Waals surface area contributed by atoms with Gasteiger partial charge in [0.2, 0.25) is 5.91 Å². The summed E-state index contributed by atoms with van der Waals surface area (Å²) < 4.78 is 17.1. The van der Waals surface area contributed by atoms with Gasteiger partial charge in [0.1, 0.15) is 5.75 Å². The molecule has 1 aliphatic heterocycles. The Balaban J connectivity index is 1.67. The highest BCUT2D eigenvalue weighted by Crippen LogP contribution is 2.34. The number of ether oxygens (including phenoxy) is 3. The van der Waals surface area contributed by atoms with E-state index in [1.807, 2.05) is 32.0 Å². The van der Waals surface area contributed by atoms with Gasteiger partial charge in [0.05, 0.1) is 24.9 Å². The Morgan fingerprint density at radius 2 is 1.80 bits per heavy atom. The Morgan fingerprint density at radius 1 is 1.07 bits per heavy atom. The third kappa shape index (κ3) is 5.65. The number of hydrogen-bond donors (Lipinski definition) is 2. The molecule has 0 aliphatic carbocycles. The van der Waals surface area contributed by atoms with Crippen LogP contribution in [0.5, 0.6) is 17.2 Å². The molecule has 0 spiro atoms. The van der Waals surface area contributed by atoms with Crippen LogP contribution in [0.4, 0.5) is 5.69 Å². The zero-order chi connectivity index (χ0) is 21.5. The van der Waals surface area contributed by atoms with Crippen molar-refractivity contribution in [1.29, 1.82) is 0 Å². The Hall–Kier alpha value is -3.22. The van der Waals surface area contributed by atoms with Gasteiger partial charge in [-0.15, -0.1) is 0 Å². The molecule has 2 aromatic carbocycles. The van der Waals surface area contributed by atoms with E-state index in [2.05, 4.69) is 10.6 Å². The number of para-hydroxylation sites is 2. The van der Waals surface area contributed by atoms with Crippen LogP contribution in [0, 0.1) is 5.92 Å². The normalized spacial score (nSPS) is 13.9. The Bertz CT molecular complexity index is 897. The zero-order valence-electron chi connectivity index (χ0n) is 17.6. The molecule has 7 nitrogen and oxygen atoms in total. The summed E-state index contributed by atoms with van der Waals surface area (Å²) in [5, 5.41) is 5.73. The highest BCUT2D eigenvalue weighted by atomic mass is 16.5. The van der Waals surface area contributed by atoms with Crippen LogP contribution in [-0.2, 0) is 9.59 Å². The van der Waals surface area contributed by atoms with E-state index in [0.717, 1.165) is 17.7 Å². The van der Waals surface area contributed by atoms with E-state index in [1.54, 1.807) is 24.3 Å². The van der Waals surface area contributed by atoms with Crippen molar-refractivity contribution in [1.82, 2.24) is 5.32 Å². The zero-order valence-corrected chi connectivity index (χ0v) is 17.6. The van der Waals surface area contributed by atoms with Gasteiger partial charge in [-0.05, 0) is 35.7 Å². The smallest absolute Gasteiger partial charge is 0.258 e. The van der Waals surface area contributed by atoms with Crippen molar-refractivity contribution in [3.8, 4) is 17.2 Å². The molecule has 1 heterocycles. The lowest BCUT2D eigenvalue weighted by Crippen LogP contribution is -2.35. The summed E-state index contributed by atoms with van der Waals surface area (Å²) in [6.45, 7) is 6.59. The number of benzene rings is 2. The molecule has 0 fully saturated rings. The van der Waals surface area contributed by atoms with Crippen LogP contribution in [-0.4, -0.2) is 31.6 Å². The molecule has 0 saturated carbocycles. The first kappa shape index (κ1) is 21.5.